The van der Waals surface area contributed by atoms with Gasteiger partial charge in [-0.3, -0.25) is 14.3 Å². The van der Waals surface area contributed by atoms with Crippen molar-refractivity contribution in [2.24, 2.45) is 5.41 Å². The number of hydrogen-bond acceptors (Lipinski definition) is 4. The van der Waals surface area contributed by atoms with Crippen LogP contribution in [0.5, 0.6) is 5.75 Å². The molecule has 2 aliphatic heterocycles. The number of carboxylic acid groups (broad SMARTS) is 1. The molecule has 1 fully saturated rings. The number of hydrogen-bond donors (Lipinski definition) is 1. The number of likely N-dealkylation sites (tertiary alicyclic amines) is 1. The van der Waals surface area contributed by atoms with E-state index in [9.17, 15) is 14.7 Å². The molecule has 0 unspecified atom stereocenters. The van der Waals surface area contributed by atoms with Gasteiger partial charge in [-0.2, -0.15) is 5.10 Å². The van der Waals surface area contributed by atoms with E-state index < -0.39 is 11.4 Å². The lowest BCUT2D eigenvalue weighted by Gasteiger charge is -2.35. The number of amides is 1. The Bertz CT molecular complexity index is 951. The van der Waals surface area contributed by atoms with Crippen LogP contribution in [0.2, 0.25) is 0 Å². The van der Waals surface area contributed by atoms with Crippen molar-refractivity contribution < 1.29 is 19.4 Å². The van der Waals surface area contributed by atoms with Crippen LogP contribution in [0.3, 0.4) is 0 Å². The summed E-state index contributed by atoms with van der Waals surface area (Å²) in [6.07, 6.45) is 0.298. The van der Waals surface area contributed by atoms with Crippen LogP contribution in [-0.2, 0) is 16.1 Å². The Kier molecular flexibility index (Phi) is 4.40. The predicted molar refractivity (Wildman–Crippen MR) is 102 cm³/mol. The highest BCUT2D eigenvalue weighted by atomic mass is 16.5. The molecule has 1 saturated heterocycles. The summed E-state index contributed by atoms with van der Waals surface area (Å²) < 4.78 is 7.62. The lowest BCUT2D eigenvalue weighted by Crippen LogP contribution is -2.46. The minimum atomic E-state index is -1.08. The maximum atomic E-state index is 12.9. The summed E-state index contributed by atoms with van der Waals surface area (Å²) in [6, 6.07) is 7.52. The Morgan fingerprint density at radius 1 is 1.29 bits per heavy atom. The number of carboxylic acids is 1. The maximum absolute atomic E-state index is 12.9. The van der Waals surface area contributed by atoms with Crippen molar-refractivity contribution in [3.63, 3.8) is 0 Å². The molecule has 28 heavy (non-hydrogen) atoms. The number of ether oxygens (including phenoxy) is 1. The Morgan fingerprint density at radius 2 is 2.04 bits per heavy atom. The lowest BCUT2D eigenvalue weighted by atomic mass is 9.73. The number of carbonyl (C=O) groups is 2. The van der Waals surface area contributed by atoms with E-state index in [1.807, 2.05) is 49.7 Å². The zero-order valence-electron chi connectivity index (χ0n) is 16.4. The van der Waals surface area contributed by atoms with Gasteiger partial charge in [0.15, 0.2) is 0 Å². The Labute approximate surface area is 163 Å². The first-order valence-corrected chi connectivity index (χ1v) is 9.57. The second-order valence-corrected chi connectivity index (χ2v) is 7.88. The summed E-state index contributed by atoms with van der Waals surface area (Å²) in [4.78, 5) is 26.7. The topological polar surface area (TPSA) is 84.7 Å². The van der Waals surface area contributed by atoms with Crippen LogP contribution >= 0.6 is 0 Å². The van der Waals surface area contributed by atoms with Gasteiger partial charge in [0.1, 0.15) is 17.8 Å². The smallest absolute Gasteiger partial charge is 0.315 e. The fourth-order valence-corrected chi connectivity index (χ4v) is 4.39. The highest BCUT2D eigenvalue weighted by Gasteiger charge is 2.57. The molecule has 2 aliphatic rings. The number of fused-ring (bicyclic) bond motifs is 3. The first kappa shape index (κ1) is 18.5. The minimum absolute atomic E-state index is 0.0438. The fraction of sp³-hybridized carbons (Fsp3) is 0.476. The van der Waals surface area contributed by atoms with Crippen molar-refractivity contribution in [2.75, 3.05) is 19.7 Å². The molecule has 7 nitrogen and oxygen atoms in total. The van der Waals surface area contributed by atoms with Gasteiger partial charge in [0.05, 0.1) is 5.69 Å². The molecule has 4 rings (SSSR count). The molecule has 2 atom stereocenters. The van der Waals surface area contributed by atoms with Gasteiger partial charge in [-0.25, -0.2) is 0 Å². The van der Waals surface area contributed by atoms with Crippen LogP contribution in [0.1, 0.15) is 34.9 Å². The highest BCUT2D eigenvalue weighted by Crippen LogP contribution is 2.49. The molecule has 148 valence electrons. The van der Waals surface area contributed by atoms with Gasteiger partial charge in [-0.1, -0.05) is 18.2 Å². The number of aromatic nitrogens is 2. The zero-order valence-corrected chi connectivity index (χ0v) is 16.4. The monoisotopic (exact) mass is 383 g/mol. The average Bonchev–Trinajstić information content (AvgIpc) is 3.21. The van der Waals surface area contributed by atoms with Gasteiger partial charge < -0.3 is 14.7 Å². The summed E-state index contributed by atoms with van der Waals surface area (Å²) in [6.45, 7) is 7.14. The number of aliphatic carboxylic acids is 1. The summed E-state index contributed by atoms with van der Waals surface area (Å²) in [7, 11) is 0. The number of nitrogens with zero attached hydrogens (tertiary/aromatic N) is 3. The Hall–Kier alpha value is -2.83. The number of aryl methyl sites for hydroxylation is 2. The third-order valence-electron chi connectivity index (χ3n) is 6.38. The number of para-hydroxylation sites is 1. The number of benzene rings is 1. The van der Waals surface area contributed by atoms with Gasteiger partial charge >= 0.3 is 5.97 Å². The first-order valence-electron chi connectivity index (χ1n) is 9.57. The van der Waals surface area contributed by atoms with Crippen LogP contribution in [0.15, 0.2) is 24.3 Å². The van der Waals surface area contributed by atoms with Crippen molar-refractivity contribution in [2.45, 2.75) is 39.7 Å². The summed E-state index contributed by atoms with van der Waals surface area (Å²) in [5.74, 6) is -0.485. The van der Waals surface area contributed by atoms with Crippen LogP contribution in [0, 0.1) is 26.2 Å². The largest absolute Gasteiger partial charge is 0.492 e. The Morgan fingerprint density at radius 3 is 2.71 bits per heavy atom. The van der Waals surface area contributed by atoms with Crippen LogP contribution in [-0.4, -0.2) is 51.4 Å². The van der Waals surface area contributed by atoms with E-state index in [1.54, 1.807) is 4.90 Å². The number of carbonyl (C=O) groups excluding carboxylic acids is 1. The van der Waals surface area contributed by atoms with Crippen LogP contribution < -0.4 is 4.74 Å². The molecule has 7 heteroatoms. The standard InChI is InChI=1S/C21H25N3O4/c1-13-14(2)22-24(15(13)3)9-8-19(25)23-10-17-16-6-4-5-7-18(16)28-12-21(17,11-23)20(26)27/h4-7,17H,8-12H2,1-3H3,(H,26,27)/t17-,21-/m1/s1. The van der Waals surface area contributed by atoms with E-state index in [2.05, 4.69) is 5.10 Å². The third kappa shape index (κ3) is 2.77. The normalized spacial score (nSPS) is 23.1. The summed E-state index contributed by atoms with van der Waals surface area (Å²) >= 11 is 0. The van der Waals surface area contributed by atoms with Crippen molar-refractivity contribution in [3.05, 3.63) is 46.8 Å². The predicted octanol–water partition coefficient (Wildman–Crippen LogP) is 2.29. The van der Waals surface area contributed by atoms with Crippen LogP contribution in [0.4, 0.5) is 0 Å². The molecule has 0 aliphatic carbocycles. The fourth-order valence-electron chi connectivity index (χ4n) is 4.39. The molecule has 0 spiro atoms. The molecular formula is C21H25N3O4. The van der Waals surface area contributed by atoms with Gasteiger partial charge in [0, 0.05) is 43.2 Å². The molecule has 1 N–H and O–H groups in total. The molecular weight excluding hydrogens is 358 g/mol. The second kappa shape index (κ2) is 6.65. The molecule has 1 aromatic carbocycles. The van der Waals surface area contributed by atoms with Crippen LogP contribution in [0.25, 0.3) is 0 Å². The van der Waals surface area contributed by atoms with Gasteiger partial charge in [-0.05, 0) is 32.4 Å². The third-order valence-corrected chi connectivity index (χ3v) is 6.38. The summed E-state index contributed by atoms with van der Waals surface area (Å²) in [5.41, 5.74) is 2.96. The molecule has 0 radical (unpaired) electrons. The second-order valence-electron chi connectivity index (χ2n) is 7.88. The van der Waals surface area contributed by atoms with Crippen molar-refractivity contribution in [1.82, 2.24) is 14.7 Å². The van der Waals surface area contributed by atoms with E-state index in [0.29, 0.717) is 19.5 Å². The van der Waals surface area contributed by atoms with Crippen molar-refractivity contribution >= 4 is 11.9 Å². The van der Waals surface area contributed by atoms with E-state index in [0.717, 1.165) is 28.3 Å². The minimum Gasteiger partial charge on any atom is -0.492 e. The van der Waals surface area contributed by atoms with E-state index in [4.69, 9.17) is 4.74 Å². The first-order chi connectivity index (χ1) is 13.3. The molecule has 1 amide bonds. The summed E-state index contributed by atoms with van der Waals surface area (Å²) in [5, 5.41) is 14.5. The van der Waals surface area contributed by atoms with Gasteiger partial charge in [-0.15, -0.1) is 0 Å². The lowest BCUT2D eigenvalue weighted by molar-refractivity contribution is -0.152. The zero-order chi connectivity index (χ0) is 20.1. The van der Waals surface area contributed by atoms with Gasteiger partial charge in [0.2, 0.25) is 5.91 Å². The molecule has 2 aromatic rings. The van der Waals surface area contributed by atoms with Gasteiger partial charge in [0.25, 0.3) is 0 Å². The Balaban J connectivity index is 1.53. The highest BCUT2D eigenvalue weighted by molar-refractivity contribution is 5.83. The maximum Gasteiger partial charge on any atom is 0.315 e. The molecule has 1 aromatic heterocycles. The van der Waals surface area contributed by atoms with E-state index in [1.165, 1.54) is 0 Å². The van der Waals surface area contributed by atoms with Crippen molar-refractivity contribution in [1.29, 1.82) is 0 Å². The van der Waals surface area contributed by atoms with E-state index >= 15 is 0 Å². The SMILES string of the molecule is Cc1nn(CCC(=O)N2C[C@@H]3c4ccccc4OC[C@]3(C(=O)O)C2)c(C)c1C. The molecule has 3 heterocycles. The molecule has 0 saturated carbocycles. The average molecular weight is 383 g/mol. The van der Waals surface area contributed by atoms with E-state index in [-0.39, 0.29) is 25.0 Å². The quantitative estimate of drug-likeness (QED) is 0.876. The van der Waals surface area contributed by atoms with Crippen molar-refractivity contribution in [3.8, 4) is 5.75 Å². The molecule has 0 bridgehead atoms. The number of rotatable bonds is 4.